The van der Waals surface area contributed by atoms with Crippen LogP contribution >= 0.6 is 0 Å². The number of aliphatic hydroxyl groups excluding tert-OH is 1. The van der Waals surface area contributed by atoms with Crippen LogP contribution in [0.2, 0.25) is 0 Å². The van der Waals surface area contributed by atoms with Crippen molar-refractivity contribution in [3.05, 3.63) is 0 Å². The molecule has 1 fully saturated rings. The fourth-order valence-electron chi connectivity index (χ4n) is 1.54. The molecule has 0 aliphatic heterocycles. The Morgan fingerprint density at radius 1 is 1.40 bits per heavy atom. The minimum Gasteiger partial charge on any atom is -0.393 e. The van der Waals surface area contributed by atoms with Crippen molar-refractivity contribution in [2.45, 2.75) is 38.2 Å². The average molecular weight is 139 g/mol. The van der Waals surface area contributed by atoms with Gasteiger partial charge in [0.25, 0.3) is 0 Å². The molecule has 0 amide bonds. The maximum Gasteiger partial charge on any atom is 0.0625 e. The molecule has 0 aromatic carbocycles. The smallest absolute Gasteiger partial charge is 0.0625 e. The van der Waals surface area contributed by atoms with Crippen LogP contribution in [0.25, 0.3) is 0 Å². The van der Waals surface area contributed by atoms with Gasteiger partial charge in [0.1, 0.15) is 0 Å². The van der Waals surface area contributed by atoms with E-state index in [0.29, 0.717) is 6.42 Å². The SMILES string of the molecule is N#CC[C@H]1CCCC[C@H]1O. The number of nitrogens with zero attached hydrogens (tertiary/aromatic N) is 1. The molecule has 1 aliphatic rings. The molecule has 0 aromatic rings. The van der Waals surface area contributed by atoms with Gasteiger partial charge in [-0.05, 0) is 18.8 Å². The van der Waals surface area contributed by atoms with Gasteiger partial charge >= 0.3 is 0 Å². The lowest BCUT2D eigenvalue weighted by Crippen LogP contribution is -2.23. The van der Waals surface area contributed by atoms with Crippen molar-refractivity contribution >= 4 is 0 Å². The molecule has 0 radical (unpaired) electrons. The van der Waals surface area contributed by atoms with Gasteiger partial charge in [-0.15, -0.1) is 0 Å². The third-order valence-electron chi connectivity index (χ3n) is 2.22. The molecule has 1 aliphatic carbocycles. The van der Waals surface area contributed by atoms with Gasteiger partial charge in [0.2, 0.25) is 0 Å². The van der Waals surface area contributed by atoms with Gasteiger partial charge in [-0.25, -0.2) is 0 Å². The molecule has 0 unspecified atom stereocenters. The number of hydrogen-bond donors (Lipinski definition) is 1. The van der Waals surface area contributed by atoms with Crippen LogP contribution in [0.3, 0.4) is 0 Å². The van der Waals surface area contributed by atoms with Crippen molar-refractivity contribution < 1.29 is 5.11 Å². The Bertz CT molecular complexity index is 139. The highest BCUT2D eigenvalue weighted by Crippen LogP contribution is 2.26. The summed E-state index contributed by atoms with van der Waals surface area (Å²) >= 11 is 0. The molecule has 0 bridgehead atoms. The Kier molecular flexibility index (Phi) is 2.70. The maximum atomic E-state index is 9.35. The summed E-state index contributed by atoms with van der Waals surface area (Å²) in [6.45, 7) is 0. The average Bonchev–Trinajstić information content (AvgIpc) is 1.94. The normalized spacial score (nSPS) is 33.2. The summed E-state index contributed by atoms with van der Waals surface area (Å²) in [4.78, 5) is 0. The molecule has 2 nitrogen and oxygen atoms in total. The Hall–Kier alpha value is -0.550. The first kappa shape index (κ1) is 7.56. The summed E-state index contributed by atoms with van der Waals surface area (Å²) in [7, 11) is 0. The molecule has 10 heavy (non-hydrogen) atoms. The summed E-state index contributed by atoms with van der Waals surface area (Å²) in [6.07, 6.45) is 4.57. The van der Waals surface area contributed by atoms with Crippen LogP contribution in [0.1, 0.15) is 32.1 Å². The zero-order valence-electron chi connectivity index (χ0n) is 6.08. The first-order valence-electron chi connectivity index (χ1n) is 3.89. The highest BCUT2D eigenvalue weighted by Gasteiger charge is 2.21. The minimum atomic E-state index is -0.201. The molecule has 2 heteroatoms. The van der Waals surface area contributed by atoms with E-state index in [-0.39, 0.29) is 12.0 Å². The van der Waals surface area contributed by atoms with Crippen LogP contribution in [0.15, 0.2) is 0 Å². The van der Waals surface area contributed by atoms with Crippen LogP contribution in [-0.2, 0) is 0 Å². The van der Waals surface area contributed by atoms with E-state index >= 15 is 0 Å². The third-order valence-corrected chi connectivity index (χ3v) is 2.22. The number of aliphatic hydroxyl groups is 1. The van der Waals surface area contributed by atoms with E-state index in [9.17, 15) is 5.11 Å². The molecular weight excluding hydrogens is 126 g/mol. The largest absolute Gasteiger partial charge is 0.393 e. The Morgan fingerprint density at radius 3 is 2.70 bits per heavy atom. The lowest BCUT2D eigenvalue weighted by Gasteiger charge is -2.24. The quantitative estimate of drug-likeness (QED) is 0.597. The molecule has 0 spiro atoms. The van der Waals surface area contributed by atoms with E-state index in [1.54, 1.807) is 0 Å². The molecule has 0 saturated heterocycles. The van der Waals surface area contributed by atoms with Gasteiger partial charge < -0.3 is 5.11 Å². The van der Waals surface area contributed by atoms with E-state index in [1.165, 1.54) is 6.42 Å². The van der Waals surface area contributed by atoms with E-state index < -0.39 is 0 Å². The fourth-order valence-corrected chi connectivity index (χ4v) is 1.54. The highest BCUT2D eigenvalue weighted by atomic mass is 16.3. The lowest BCUT2D eigenvalue weighted by molar-refractivity contribution is 0.0722. The fraction of sp³-hybridized carbons (Fsp3) is 0.875. The summed E-state index contributed by atoms with van der Waals surface area (Å²) in [5, 5.41) is 17.7. The second-order valence-corrected chi connectivity index (χ2v) is 2.97. The van der Waals surface area contributed by atoms with Crippen molar-refractivity contribution in [1.29, 1.82) is 5.26 Å². The first-order valence-corrected chi connectivity index (χ1v) is 3.89. The molecule has 56 valence electrons. The van der Waals surface area contributed by atoms with Gasteiger partial charge in [-0.3, -0.25) is 0 Å². The van der Waals surface area contributed by atoms with Crippen molar-refractivity contribution in [3.63, 3.8) is 0 Å². The Morgan fingerprint density at radius 2 is 2.10 bits per heavy atom. The van der Waals surface area contributed by atoms with Crippen LogP contribution in [0.5, 0.6) is 0 Å². The molecule has 1 rings (SSSR count). The van der Waals surface area contributed by atoms with E-state index in [0.717, 1.165) is 19.3 Å². The van der Waals surface area contributed by atoms with E-state index in [1.807, 2.05) is 0 Å². The van der Waals surface area contributed by atoms with Crippen LogP contribution < -0.4 is 0 Å². The van der Waals surface area contributed by atoms with Gasteiger partial charge in [0, 0.05) is 6.42 Å². The van der Waals surface area contributed by atoms with Crippen molar-refractivity contribution in [2.24, 2.45) is 5.92 Å². The summed E-state index contributed by atoms with van der Waals surface area (Å²) in [6, 6.07) is 2.11. The van der Waals surface area contributed by atoms with E-state index in [2.05, 4.69) is 6.07 Å². The summed E-state index contributed by atoms with van der Waals surface area (Å²) in [5.74, 6) is 0.263. The van der Waals surface area contributed by atoms with Crippen LogP contribution in [-0.4, -0.2) is 11.2 Å². The third kappa shape index (κ3) is 1.71. The van der Waals surface area contributed by atoms with Gasteiger partial charge in [-0.2, -0.15) is 5.26 Å². The lowest BCUT2D eigenvalue weighted by atomic mass is 9.85. The predicted octanol–water partition coefficient (Wildman–Crippen LogP) is 1.45. The number of hydrogen-bond acceptors (Lipinski definition) is 2. The number of rotatable bonds is 1. The summed E-state index contributed by atoms with van der Waals surface area (Å²) < 4.78 is 0. The minimum absolute atomic E-state index is 0.201. The second-order valence-electron chi connectivity index (χ2n) is 2.97. The Labute approximate surface area is 61.5 Å². The predicted molar refractivity (Wildman–Crippen MR) is 38.2 cm³/mol. The standard InChI is InChI=1S/C8H13NO/c9-6-5-7-3-1-2-4-8(7)10/h7-8,10H,1-5H2/t7-,8-/m1/s1. The molecule has 2 atom stereocenters. The summed E-state index contributed by atoms with van der Waals surface area (Å²) in [5.41, 5.74) is 0. The van der Waals surface area contributed by atoms with Crippen molar-refractivity contribution in [3.8, 4) is 6.07 Å². The van der Waals surface area contributed by atoms with Gasteiger partial charge in [0.15, 0.2) is 0 Å². The zero-order chi connectivity index (χ0) is 7.40. The molecule has 1 N–H and O–H groups in total. The zero-order valence-corrected chi connectivity index (χ0v) is 6.08. The van der Waals surface area contributed by atoms with Gasteiger partial charge in [-0.1, -0.05) is 12.8 Å². The number of nitriles is 1. The topological polar surface area (TPSA) is 44.0 Å². The molecule has 0 aromatic heterocycles. The van der Waals surface area contributed by atoms with Crippen molar-refractivity contribution in [2.75, 3.05) is 0 Å². The molecule has 0 heterocycles. The second kappa shape index (κ2) is 3.58. The van der Waals surface area contributed by atoms with Gasteiger partial charge in [0.05, 0.1) is 12.2 Å². The van der Waals surface area contributed by atoms with Crippen molar-refractivity contribution in [1.82, 2.24) is 0 Å². The monoisotopic (exact) mass is 139 g/mol. The molecule has 1 saturated carbocycles. The molecular formula is C8H13NO. The van der Waals surface area contributed by atoms with Crippen LogP contribution in [0.4, 0.5) is 0 Å². The first-order chi connectivity index (χ1) is 4.84. The van der Waals surface area contributed by atoms with E-state index in [4.69, 9.17) is 5.26 Å². The van der Waals surface area contributed by atoms with Crippen LogP contribution in [0, 0.1) is 17.2 Å². The highest BCUT2D eigenvalue weighted by molar-refractivity contribution is 4.82. The maximum absolute atomic E-state index is 9.35. The Balaban J connectivity index is 2.34.